The van der Waals surface area contributed by atoms with Gasteiger partial charge in [-0.15, -0.1) is 11.6 Å². The number of carbonyl (C=O) groups excluding carboxylic acids is 1. The number of alkyl halides is 1. The largest absolute Gasteiger partial charge is 0.389 e. The smallest absolute Gasteiger partial charge is 0.221 e. The van der Waals surface area contributed by atoms with Crippen molar-refractivity contribution in [3.05, 3.63) is 29.8 Å². The summed E-state index contributed by atoms with van der Waals surface area (Å²) >= 11 is 5.44. The molecule has 5 heteroatoms. The topological polar surface area (TPSA) is 69.6 Å². The minimum atomic E-state index is -1.05. The van der Waals surface area contributed by atoms with Crippen molar-refractivity contribution in [2.24, 2.45) is 0 Å². The van der Waals surface area contributed by atoms with Crippen LogP contribution in [0.2, 0.25) is 0 Å². The van der Waals surface area contributed by atoms with Crippen LogP contribution in [0.3, 0.4) is 0 Å². The molecule has 1 aromatic rings. The molecular formula is C11H14ClNO3. The summed E-state index contributed by atoms with van der Waals surface area (Å²) in [4.78, 5) is 10.8. The van der Waals surface area contributed by atoms with E-state index in [1.807, 2.05) is 0 Å². The van der Waals surface area contributed by atoms with Crippen LogP contribution in [0.4, 0.5) is 5.69 Å². The Balaban J connectivity index is 2.85. The summed E-state index contributed by atoms with van der Waals surface area (Å²) in [5.41, 5.74) is 1.09. The molecule has 0 radical (unpaired) electrons. The van der Waals surface area contributed by atoms with Crippen molar-refractivity contribution in [2.45, 2.75) is 19.1 Å². The summed E-state index contributed by atoms with van der Waals surface area (Å²) in [7, 11) is 0. The number of nitrogens with one attached hydrogen (secondary N) is 1. The van der Waals surface area contributed by atoms with E-state index in [9.17, 15) is 15.0 Å². The van der Waals surface area contributed by atoms with E-state index in [2.05, 4.69) is 5.32 Å². The van der Waals surface area contributed by atoms with Crippen LogP contribution in [0, 0.1) is 0 Å². The minimum absolute atomic E-state index is 0.0501. The first kappa shape index (κ1) is 13.0. The maximum Gasteiger partial charge on any atom is 0.221 e. The Bertz CT molecular complexity index is 370. The molecule has 88 valence electrons. The van der Waals surface area contributed by atoms with Crippen LogP contribution in [-0.4, -0.2) is 28.1 Å². The van der Waals surface area contributed by atoms with E-state index in [0.717, 1.165) is 0 Å². The molecule has 0 fully saturated rings. The van der Waals surface area contributed by atoms with Crippen molar-refractivity contribution in [1.82, 2.24) is 0 Å². The van der Waals surface area contributed by atoms with Gasteiger partial charge in [0, 0.05) is 12.6 Å². The van der Waals surface area contributed by atoms with E-state index in [0.29, 0.717) is 11.3 Å². The fourth-order valence-corrected chi connectivity index (χ4v) is 1.48. The third-order valence-corrected chi connectivity index (χ3v) is 2.39. The van der Waals surface area contributed by atoms with Crippen molar-refractivity contribution < 1.29 is 15.0 Å². The Labute approximate surface area is 98.9 Å². The third-order valence-electron chi connectivity index (χ3n) is 2.07. The van der Waals surface area contributed by atoms with Crippen molar-refractivity contribution in [1.29, 1.82) is 0 Å². The van der Waals surface area contributed by atoms with Crippen molar-refractivity contribution in [3.8, 4) is 0 Å². The fourth-order valence-electron chi connectivity index (χ4n) is 1.31. The molecule has 0 bridgehead atoms. The quantitative estimate of drug-likeness (QED) is 0.698. The summed E-state index contributed by atoms with van der Waals surface area (Å²) in [6, 6.07) is 6.64. The number of carbonyl (C=O) groups is 1. The zero-order valence-corrected chi connectivity index (χ0v) is 9.61. The summed E-state index contributed by atoms with van der Waals surface area (Å²) in [5, 5.41) is 21.7. The molecular weight excluding hydrogens is 230 g/mol. The molecule has 2 atom stereocenters. The first-order valence-corrected chi connectivity index (χ1v) is 5.37. The standard InChI is InChI=1S/C11H14ClNO3/c1-7(14)13-9-4-2-3-8(5-9)11(16)10(15)6-12/h2-5,10-11,15-16H,6H2,1H3,(H,13,14). The summed E-state index contributed by atoms with van der Waals surface area (Å²) in [6.07, 6.45) is -2.07. The molecule has 0 saturated carbocycles. The van der Waals surface area contributed by atoms with Crippen LogP contribution in [0.25, 0.3) is 0 Å². The predicted octanol–water partition coefficient (Wildman–Crippen LogP) is 1.28. The molecule has 16 heavy (non-hydrogen) atoms. The fraction of sp³-hybridized carbons (Fsp3) is 0.364. The van der Waals surface area contributed by atoms with E-state index < -0.39 is 12.2 Å². The maximum atomic E-state index is 10.8. The van der Waals surface area contributed by atoms with Crippen molar-refractivity contribution in [2.75, 3.05) is 11.2 Å². The lowest BCUT2D eigenvalue weighted by Gasteiger charge is -2.16. The van der Waals surface area contributed by atoms with Gasteiger partial charge >= 0.3 is 0 Å². The number of aliphatic hydroxyl groups is 2. The SMILES string of the molecule is CC(=O)Nc1cccc(C(O)C(O)CCl)c1. The predicted molar refractivity (Wildman–Crippen MR) is 62.4 cm³/mol. The highest BCUT2D eigenvalue weighted by atomic mass is 35.5. The molecule has 1 aromatic carbocycles. The van der Waals surface area contributed by atoms with Crippen LogP contribution in [0.15, 0.2) is 24.3 Å². The lowest BCUT2D eigenvalue weighted by Crippen LogP contribution is -2.19. The highest BCUT2D eigenvalue weighted by Crippen LogP contribution is 2.21. The lowest BCUT2D eigenvalue weighted by atomic mass is 10.0. The molecule has 0 aliphatic carbocycles. The summed E-state index contributed by atoms with van der Waals surface area (Å²) < 4.78 is 0. The van der Waals surface area contributed by atoms with Gasteiger partial charge in [0.05, 0.1) is 12.0 Å². The Morgan fingerprint density at radius 2 is 2.19 bits per heavy atom. The zero-order valence-electron chi connectivity index (χ0n) is 8.85. The van der Waals surface area contributed by atoms with Crippen LogP contribution in [0.1, 0.15) is 18.6 Å². The van der Waals surface area contributed by atoms with Crippen LogP contribution < -0.4 is 5.32 Å². The third kappa shape index (κ3) is 3.48. The number of hydrogen-bond acceptors (Lipinski definition) is 3. The van der Waals surface area contributed by atoms with Crippen molar-refractivity contribution >= 4 is 23.2 Å². The summed E-state index contributed by atoms with van der Waals surface area (Å²) in [6.45, 7) is 1.40. The molecule has 1 rings (SSSR count). The summed E-state index contributed by atoms with van der Waals surface area (Å²) in [5.74, 6) is -0.240. The molecule has 0 aromatic heterocycles. The molecule has 0 saturated heterocycles. The average Bonchev–Trinajstić information content (AvgIpc) is 2.26. The molecule has 3 N–H and O–H groups in total. The van der Waals surface area contributed by atoms with E-state index in [1.54, 1.807) is 24.3 Å². The second-order valence-electron chi connectivity index (χ2n) is 3.47. The van der Waals surface area contributed by atoms with Gasteiger partial charge in [0.25, 0.3) is 0 Å². The number of benzene rings is 1. The second kappa shape index (κ2) is 5.84. The van der Waals surface area contributed by atoms with Gasteiger partial charge < -0.3 is 15.5 Å². The van der Waals surface area contributed by atoms with Crippen molar-refractivity contribution in [3.63, 3.8) is 0 Å². The van der Waals surface area contributed by atoms with Crippen LogP contribution in [-0.2, 0) is 4.79 Å². The number of anilines is 1. The molecule has 0 aliphatic heterocycles. The number of amides is 1. The Kier molecular flexibility index (Phi) is 4.73. The first-order valence-electron chi connectivity index (χ1n) is 4.84. The highest BCUT2D eigenvalue weighted by Gasteiger charge is 2.17. The van der Waals surface area contributed by atoms with Crippen LogP contribution >= 0.6 is 11.6 Å². The Morgan fingerprint density at radius 3 is 2.75 bits per heavy atom. The highest BCUT2D eigenvalue weighted by molar-refractivity contribution is 6.18. The van der Waals surface area contributed by atoms with Gasteiger partial charge in [-0.25, -0.2) is 0 Å². The average molecular weight is 244 g/mol. The number of hydrogen-bond donors (Lipinski definition) is 3. The Hall–Kier alpha value is -1.10. The Morgan fingerprint density at radius 1 is 1.50 bits per heavy atom. The first-order chi connectivity index (χ1) is 7.54. The van der Waals surface area contributed by atoms with Gasteiger partial charge in [-0.05, 0) is 17.7 Å². The monoisotopic (exact) mass is 243 g/mol. The van der Waals surface area contributed by atoms with Gasteiger partial charge in [0.15, 0.2) is 0 Å². The van der Waals surface area contributed by atoms with Gasteiger partial charge in [-0.3, -0.25) is 4.79 Å². The molecule has 1 amide bonds. The molecule has 0 heterocycles. The van der Waals surface area contributed by atoms with E-state index in [4.69, 9.17) is 11.6 Å². The van der Waals surface area contributed by atoms with E-state index in [1.165, 1.54) is 6.92 Å². The number of aliphatic hydroxyl groups excluding tert-OH is 2. The van der Waals surface area contributed by atoms with Gasteiger partial charge in [0.2, 0.25) is 5.91 Å². The molecule has 2 unspecified atom stereocenters. The minimum Gasteiger partial charge on any atom is -0.389 e. The van der Waals surface area contributed by atoms with Gasteiger partial charge in [0.1, 0.15) is 6.10 Å². The molecule has 4 nitrogen and oxygen atoms in total. The normalized spacial score (nSPS) is 14.2. The second-order valence-corrected chi connectivity index (χ2v) is 3.78. The van der Waals surface area contributed by atoms with Crippen LogP contribution in [0.5, 0.6) is 0 Å². The number of rotatable bonds is 4. The van der Waals surface area contributed by atoms with E-state index >= 15 is 0 Å². The van der Waals surface area contributed by atoms with Gasteiger partial charge in [-0.2, -0.15) is 0 Å². The van der Waals surface area contributed by atoms with E-state index in [-0.39, 0.29) is 11.8 Å². The maximum absolute atomic E-state index is 10.8. The lowest BCUT2D eigenvalue weighted by molar-refractivity contribution is -0.114. The van der Waals surface area contributed by atoms with Gasteiger partial charge in [-0.1, -0.05) is 12.1 Å². The molecule has 0 spiro atoms. The molecule has 0 aliphatic rings. The zero-order chi connectivity index (χ0) is 12.1. The number of halogens is 1.